The molecule has 0 radical (unpaired) electrons. The van der Waals surface area contributed by atoms with Crippen LogP contribution in [0.4, 0.5) is 20.2 Å². The molecule has 0 aliphatic heterocycles. The number of hydrogen-bond donors (Lipinski definition) is 2. The molecule has 0 aliphatic carbocycles. The molecule has 21 heavy (non-hydrogen) atoms. The number of anilines is 2. The average molecular weight is 312 g/mol. The number of hydrogen-bond acceptors (Lipinski definition) is 3. The van der Waals surface area contributed by atoms with Crippen LogP contribution < -0.4 is 10.0 Å². The molecule has 2 aromatic carbocycles. The molecular formula is C14H14F2N2O2S. The van der Waals surface area contributed by atoms with Gasteiger partial charge in [0.25, 0.3) is 0 Å². The molecule has 0 saturated heterocycles. The van der Waals surface area contributed by atoms with Gasteiger partial charge in [-0.1, -0.05) is 12.1 Å². The van der Waals surface area contributed by atoms with Crippen LogP contribution >= 0.6 is 0 Å². The highest BCUT2D eigenvalue weighted by Gasteiger charge is 2.04. The number of sulfonamides is 1. The smallest absolute Gasteiger partial charge is 0.229 e. The van der Waals surface area contributed by atoms with E-state index in [9.17, 15) is 17.2 Å². The number of halogens is 2. The Morgan fingerprint density at radius 3 is 2.38 bits per heavy atom. The van der Waals surface area contributed by atoms with E-state index in [1.165, 1.54) is 6.07 Å². The van der Waals surface area contributed by atoms with E-state index >= 15 is 0 Å². The van der Waals surface area contributed by atoms with Crippen molar-refractivity contribution in [1.82, 2.24) is 0 Å². The quantitative estimate of drug-likeness (QED) is 0.892. The summed E-state index contributed by atoms with van der Waals surface area (Å²) in [6.07, 6.45) is 1.06. The van der Waals surface area contributed by atoms with E-state index in [-0.39, 0.29) is 0 Å². The van der Waals surface area contributed by atoms with E-state index in [4.69, 9.17) is 0 Å². The highest BCUT2D eigenvalue weighted by molar-refractivity contribution is 7.92. The first kappa shape index (κ1) is 15.2. The third kappa shape index (κ3) is 4.71. The van der Waals surface area contributed by atoms with Gasteiger partial charge in [-0.15, -0.1) is 0 Å². The van der Waals surface area contributed by atoms with E-state index in [1.807, 2.05) is 0 Å². The third-order valence-corrected chi connectivity index (χ3v) is 3.25. The lowest BCUT2D eigenvalue weighted by atomic mass is 10.2. The minimum Gasteiger partial charge on any atom is -0.381 e. The molecule has 0 heterocycles. The molecule has 0 bridgehead atoms. The molecule has 2 aromatic rings. The summed E-state index contributed by atoms with van der Waals surface area (Å²) >= 11 is 0. The fourth-order valence-electron chi connectivity index (χ4n) is 1.76. The van der Waals surface area contributed by atoms with Gasteiger partial charge in [-0.05, 0) is 35.9 Å². The van der Waals surface area contributed by atoms with Crippen molar-refractivity contribution in [2.24, 2.45) is 0 Å². The van der Waals surface area contributed by atoms with Crippen molar-refractivity contribution in [2.75, 3.05) is 16.3 Å². The van der Waals surface area contributed by atoms with Gasteiger partial charge in [0.15, 0.2) is 11.6 Å². The van der Waals surface area contributed by atoms with E-state index in [0.717, 1.165) is 18.4 Å². The largest absolute Gasteiger partial charge is 0.381 e. The highest BCUT2D eigenvalue weighted by Crippen LogP contribution is 2.17. The lowest BCUT2D eigenvalue weighted by Gasteiger charge is -2.09. The Morgan fingerprint density at radius 1 is 1.00 bits per heavy atom. The molecule has 2 N–H and O–H groups in total. The van der Waals surface area contributed by atoms with Gasteiger partial charge in [0, 0.05) is 12.2 Å². The fraction of sp³-hybridized carbons (Fsp3) is 0.143. The monoisotopic (exact) mass is 312 g/mol. The van der Waals surface area contributed by atoms with Gasteiger partial charge in [-0.25, -0.2) is 17.2 Å². The second-order valence-electron chi connectivity index (χ2n) is 4.56. The summed E-state index contributed by atoms with van der Waals surface area (Å²) in [5.74, 6) is -1.79. The molecule has 0 amide bonds. The summed E-state index contributed by atoms with van der Waals surface area (Å²) in [5.41, 5.74) is 1.66. The maximum Gasteiger partial charge on any atom is 0.229 e. The van der Waals surface area contributed by atoms with Gasteiger partial charge < -0.3 is 5.32 Å². The van der Waals surface area contributed by atoms with Gasteiger partial charge in [0.2, 0.25) is 10.0 Å². The first-order chi connectivity index (χ1) is 9.83. The van der Waals surface area contributed by atoms with Crippen molar-refractivity contribution in [3.63, 3.8) is 0 Å². The first-order valence-corrected chi connectivity index (χ1v) is 7.98. The minimum atomic E-state index is -3.34. The Bertz CT molecular complexity index is 748. The number of benzene rings is 2. The van der Waals surface area contributed by atoms with Crippen LogP contribution in [-0.2, 0) is 16.6 Å². The van der Waals surface area contributed by atoms with Gasteiger partial charge in [-0.2, -0.15) is 0 Å². The number of rotatable bonds is 5. The van der Waals surface area contributed by atoms with E-state index in [1.54, 1.807) is 24.3 Å². The Labute approximate surface area is 121 Å². The fourth-order valence-corrected chi connectivity index (χ4v) is 2.32. The molecular weight excluding hydrogens is 298 g/mol. The molecule has 0 spiro atoms. The van der Waals surface area contributed by atoms with Gasteiger partial charge in [-0.3, -0.25) is 4.72 Å². The summed E-state index contributed by atoms with van der Waals surface area (Å²) in [5, 5.41) is 3.01. The predicted octanol–water partition coefficient (Wildman–Crippen LogP) is 2.95. The molecule has 0 fully saturated rings. The SMILES string of the molecule is CS(=O)(=O)Nc1cccc(NCc2ccc(F)c(F)c2)c1. The zero-order valence-corrected chi connectivity index (χ0v) is 12.0. The minimum absolute atomic E-state index is 0.291. The van der Waals surface area contributed by atoms with Crippen LogP contribution in [0.25, 0.3) is 0 Å². The van der Waals surface area contributed by atoms with Crippen LogP contribution in [0, 0.1) is 11.6 Å². The Hall–Kier alpha value is -2.15. The molecule has 0 saturated carbocycles. The van der Waals surface area contributed by atoms with Crippen molar-refractivity contribution in [1.29, 1.82) is 0 Å². The molecule has 2 rings (SSSR count). The molecule has 0 aromatic heterocycles. The first-order valence-electron chi connectivity index (χ1n) is 6.09. The normalized spacial score (nSPS) is 11.2. The molecule has 0 unspecified atom stereocenters. The molecule has 4 nitrogen and oxygen atoms in total. The lowest BCUT2D eigenvalue weighted by Crippen LogP contribution is -2.09. The Kier molecular flexibility index (Phi) is 4.42. The van der Waals surface area contributed by atoms with Gasteiger partial charge in [0.1, 0.15) is 0 Å². The van der Waals surface area contributed by atoms with Crippen LogP contribution in [-0.4, -0.2) is 14.7 Å². The average Bonchev–Trinajstić information content (AvgIpc) is 2.39. The van der Waals surface area contributed by atoms with Gasteiger partial charge >= 0.3 is 0 Å². The van der Waals surface area contributed by atoms with Crippen LogP contribution in [0.15, 0.2) is 42.5 Å². The topological polar surface area (TPSA) is 58.2 Å². The van der Waals surface area contributed by atoms with Crippen LogP contribution in [0.1, 0.15) is 5.56 Å². The molecule has 0 aliphatic rings. The van der Waals surface area contributed by atoms with Crippen molar-refractivity contribution in [3.8, 4) is 0 Å². The zero-order chi connectivity index (χ0) is 15.5. The predicted molar refractivity (Wildman–Crippen MR) is 78.6 cm³/mol. The molecule has 0 atom stereocenters. The van der Waals surface area contributed by atoms with Crippen molar-refractivity contribution >= 4 is 21.4 Å². The van der Waals surface area contributed by atoms with Crippen LogP contribution in [0.3, 0.4) is 0 Å². The second kappa shape index (κ2) is 6.09. The van der Waals surface area contributed by atoms with E-state index < -0.39 is 21.7 Å². The summed E-state index contributed by atoms with van der Waals surface area (Å²) in [6, 6.07) is 10.3. The Morgan fingerprint density at radius 2 is 1.71 bits per heavy atom. The second-order valence-corrected chi connectivity index (χ2v) is 6.31. The summed E-state index contributed by atoms with van der Waals surface area (Å²) < 4.78 is 50.6. The van der Waals surface area contributed by atoms with Crippen molar-refractivity contribution in [2.45, 2.75) is 6.54 Å². The molecule has 112 valence electrons. The van der Waals surface area contributed by atoms with E-state index in [2.05, 4.69) is 10.0 Å². The van der Waals surface area contributed by atoms with Crippen molar-refractivity contribution < 1.29 is 17.2 Å². The lowest BCUT2D eigenvalue weighted by molar-refractivity contribution is 0.507. The summed E-state index contributed by atoms with van der Waals surface area (Å²) in [7, 11) is -3.34. The molecule has 7 heteroatoms. The van der Waals surface area contributed by atoms with Crippen LogP contribution in [0.5, 0.6) is 0 Å². The Balaban J connectivity index is 2.06. The zero-order valence-electron chi connectivity index (χ0n) is 11.2. The highest BCUT2D eigenvalue weighted by atomic mass is 32.2. The van der Waals surface area contributed by atoms with Crippen molar-refractivity contribution in [3.05, 3.63) is 59.7 Å². The standard InChI is InChI=1S/C14H14F2N2O2S/c1-21(19,20)18-12-4-2-3-11(8-12)17-9-10-5-6-13(15)14(16)7-10/h2-8,17-18H,9H2,1H3. The maximum absolute atomic E-state index is 13.1. The van der Waals surface area contributed by atoms with Gasteiger partial charge in [0.05, 0.1) is 11.9 Å². The summed E-state index contributed by atoms with van der Waals surface area (Å²) in [4.78, 5) is 0. The maximum atomic E-state index is 13.1. The number of nitrogens with one attached hydrogen (secondary N) is 2. The summed E-state index contributed by atoms with van der Waals surface area (Å²) in [6.45, 7) is 0.291. The van der Waals surface area contributed by atoms with E-state index in [0.29, 0.717) is 23.5 Å². The van der Waals surface area contributed by atoms with Crippen LogP contribution in [0.2, 0.25) is 0 Å². The third-order valence-electron chi connectivity index (χ3n) is 2.65.